The molecule has 1 saturated heterocycles. The zero-order valence-corrected chi connectivity index (χ0v) is 8.31. The van der Waals surface area contributed by atoms with Crippen molar-refractivity contribution in [2.24, 2.45) is 0 Å². The van der Waals surface area contributed by atoms with Gasteiger partial charge in [0, 0.05) is 0 Å². The fraction of sp³-hybridized carbons (Fsp3) is 0.400. The SMILES string of the molecule is O=C(O)c1cccc(N2C[C@@H](F)[C@@H](F)C2)n1. The zero-order valence-electron chi connectivity index (χ0n) is 8.31. The molecule has 86 valence electrons. The van der Waals surface area contributed by atoms with Crippen LogP contribution in [0.4, 0.5) is 14.6 Å². The summed E-state index contributed by atoms with van der Waals surface area (Å²) in [6, 6.07) is 4.38. The molecule has 4 nitrogen and oxygen atoms in total. The third kappa shape index (κ3) is 1.95. The Balaban J connectivity index is 2.21. The number of hydrogen-bond donors (Lipinski definition) is 1. The first-order valence-corrected chi connectivity index (χ1v) is 4.81. The van der Waals surface area contributed by atoms with Crippen molar-refractivity contribution in [2.45, 2.75) is 12.3 Å². The Hall–Kier alpha value is -1.72. The summed E-state index contributed by atoms with van der Waals surface area (Å²) in [7, 11) is 0. The van der Waals surface area contributed by atoms with Crippen molar-refractivity contribution in [3.63, 3.8) is 0 Å². The van der Waals surface area contributed by atoms with Gasteiger partial charge in [0.2, 0.25) is 0 Å². The zero-order chi connectivity index (χ0) is 11.7. The monoisotopic (exact) mass is 228 g/mol. The largest absolute Gasteiger partial charge is 0.477 e. The molecule has 1 aliphatic rings. The van der Waals surface area contributed by atoms with E-state index in [1.165, 1.54) is 23.1 Å². The molecule has 16 heavy (non-hydrogen) atoms. The molecular weight excluding hydrogens is 218 g/mol. The highest BCUT2D eigenvalue weighted by Gasteiger charge is 2.33. The summed E-state index contributed by atoms with van der Waals surface area (Å²) in [6.07, 6.45) is -3.06. The summed E-state index contributed by atoms with van der Waals surface area (Å²) in [5, 5.41) is 8.73. The van der Waals surface area contributed by atoms with Gasteiger partial charge in [-0.1, -0.05) is 6.07 Å². The van der Waals surface area contributed by atoms with Gasteiger partial charge in [0.05, 0.1) is 13.1 Å². The van der Waals surface area contributed by atoms with Crippen LogP contribution in [-0.4, -0.2) is 41.5 Å². The second-order valence-electron chi connectivity index (χ2n) is 3.62. The molecule has 0 aliphatic carbocycles. The molecule has 1 aliphatic heterocycles. The number of aromatic nitrogens is 1. The maximum atomic E-state index is 13.0. The highest BCUT2D eigenvalue weighted by molar-refractivity contribution is 5.85. The van der Waals surface area contributed by atoms with Gasteiger partial charge in [-0.25, -0.2) is 18.6 Å². The van der Waals surface area contributed by atoms with Crippen LogP contribution in [0.1, 0.15) is 10.5 Å². The van der Waals surface area contributed by atoms with Crippen LogP contribution in [0.3, 0.4) is 0 Å². The van der Waals surface area contributed by atoms with E-state index in [9.17, 15) is 13.6 Å². The molecular formula is C10H10F2N2O2. The maximum Gasteiger partial charge on any atom is 0.354 e. The van der Waals surface area contributed by atoms with Crippen molar-refractivity contribution < 1.29 is 18.7 Å². The molecule has 1 aromatic heterocycles. The second-order valence-corrected chi connectivity index (χ2v) is 3.62. The minimum atomic E-state index is -1.53. The predicted octanol–water partition coefficient (Wildman–Crippen LogP) is 1.28. The fourth-order valence-corrected chi connectivity index (χ4v) is 1.63. The van der Waals surface area contributed by atoms with Crippen LogP contribution in [0.25, 0.3) is 0 Å². The highest BCUT2D eigenvalue weighted by atomic mass is 19.2. The van der Waals surface area contributed by atoms with Crippen molar-refractivity contribution >= 4 is 11.8 Å². The van der Waals surface area contributed by atoms with Gasteiger partial charge in [-0.3, -0.25) is 0 Å². The summed E-state index contributed by atoms with van der Waals surface area (Å²) in [4.78, 5) is 15.9. The van der Waals surface area contributed by atoms with Crippen LogP contribution in [0, 0.1) is 0 Å². The normalized spacial score (nSPS) is 24.8. The van der Waals surface area contributed by atoms with Crippen molar-refractivity contribution in [1.82, 2.24) is 4.98 Å². The molecule has 1 N–H and O–H groups in total. The quantitative estimate of drug-likeness (QED) is 0.828. The molecule has 0 spiro atoms. The Bertz CT molecular complexity index is 404. The van der Waals surface area contributed by atoms with E-state index in [0.717, 1.165) is 0 Å². The molecule has 2 heterocycles. The third-order valence-electron chi connectivity index (χ3n) is 2.46. The summed E-state index contributed by atoms with van der Waals surface area (Å²) in [5.41, 5.74) is -0.129. The van der Waals surface area contributed by atoms with Crippen molar-refractivity contribution in [3.8, 4) is 0 Å². The number of carboxylic acid groups (broad SMARTS) is 1. The lowest BCUT2D eigenvalue weighted by molar-refractivity contribution is 0.0690. The molecule has 0 amide bonds. The van der Waals surface area contributed by atoms with E-state index in [0.29, 0.717) is 5.82 Å². The van der Waals surface area contributed by atoms with Gasteiger partial charge < -0.3 is 10.0 Å². The lowest BCUT2D eigenvalue weighted by Gasteiger charge is -2.15. The molecule has 0 radical (unpaired) electrons. The van der Waals surface area contributed by atoms with Crippen LogP contribution in [0.15, 0.2) is 18.2 Å². The van der Waals surface area contributed by atoms with Gasteiger partial charge in [0.1, 0.15) is 5.82 Å². The average Bonchev–Trinajstić information content (AvgIpc) is 2.59. The first-order chi connectivity index (χ1) is 7.58. The average molecular weight is 228 g/mol. The Kier molecular flexibility index (Phi) is 2.72. The number of pyridine rings is 1. The van der Waals surface area contributed by atoms with E-state index >= 15 is 0 Å². The maximum absolute atomic E-state index is 13.0. The third-order valence-corrected chi connectivity index (χ3v) is 2.46. The van der Waals surface area contributed by atoms with E-state index in [1.54, 1.807) is 0 Å². The number of carboxylic acids is 1. The van der Waals surface area contributed by atoms with E-state index in [1.807, 2.05) is 0 Å². The minimum Gasteiger partial charge on any atom is -0.477 e. The Morgan fingerprint density at radius 2 is 2.00 bits per heavy atom. The lowest BCUT2D eigenvalue weighted by atomic mass is 10.3. The molecule has 2 rings (SSSR count). The Morgan fingerprint density at radius 3 is 2.56 bits per heavy atom. The highest BCUT2D eigenvalue weighted by Crippen LogP contribution is 2.22. The lowest BCUT2D eigenvalue weighted by Crippen LogP contribution is -2.22. The van der Waals surface area contributed by atoms with Crippen LogP contribution in [-0.2, 0) is 0 Å². The van der Waals surface area contributed by atoms with Crippen LogP contribution in [0.5, 0.6) is 0 Å². The number of hydrogen-bond acceptors (Lipinski definition) is 3. The number of anilines is 1. The Morgan fingerprint density at radius 1 is 1.38 bits per heavy atom. The van der Waals surface area contributed by atoms with E-state index in [2.05, 4.69) is 4.98 Å². The van der Waals surface area contributed by atoms with Crippen LogP contribution in [0.2, 0.25) is 0 Å². The van der Waals surface area contributed by atoms with E-state index < -0.39 is 18.3 Å². The number of halogens is 2. The van der Waals surface area contributed by atoms with Crippen molar-refractivity contribution in [3.05, 3.63) is 23.9 Å². The molecule has 0 saturated carbocycles. The minimum absolute atomic E-state index is 0.0861. The molecule has 2 atom stereocenters. The van der Waals surface area contributed by atoms with Crippen molar-refractivity contribution in [2.75, 3.05) is 18.0 Å². The van der Waals surface area contributed by atoms with Gasteiger partial charge in [0.15, 0.2) is 18.0 Å². The summed E-state index contributed by atoms with van der Waals surface area (Å²) >= 11 is 0. The van der Waals surface area contributed by atoms with Gasteiger partial charge in [-0.15, -0.1) is 0 Å². The van der Waals surface area contributed by atoms with Crippen LogP contribution >= 0.6 is 0 Å². The van der Waals surface area contributed by atoms with Gasteiger partial charge >= 0.3 is 5.97 Å². The molecule has 1 aromatic rings. The van der Waals surface area contributed by atoms with Gasteiger partial charge in [-0.05, 0) is 12.1 Å². The summed E-state index contributed by atoms with van der Waals surface area (Å²) in [6.45, 7) is -0.172. The van der Waals surface area contributed by atoms with Crippen molar-refractivity contribution in [1.29, 1.82) is 0 Å². The smallest absolute Gasteiger partial charge is 0.354 e. The first kappa shape index (κ1) is 10.8. The topological polar surface area (TPSA) is 53.4 Å². The number of rotatable bonds is 2. The molecule has 6 heteroatoms. The molecule has 0 aromatic carbocycles. The number of aromatic carboxylic acids is 1. The summed E-state index contributed by atoms with van der Waals surface area (Å²) in [5.74, 6) is -0.864. The number of alkyl halides is 2. The van der Waals surface area contributed by atoms with E-state index in [-0.39, 0.29) is 18.8 Å². The second kappa shape index (κ2) is 4.03. The fourth-order valence-electron chi connectivity index (χ4n) is 1.63. The van der Waals surface area contributed by atoms with Gasteiger partial charge in [-0.2, -0.15) is 0 Å². The molecule has 0 unspecified atom stereocenters. The predicted molar refractivity (Wildman–Crippen MR) is 53.2 cm³/mol. The first-order valence-electron chi connectivity index (χ1n) is 4.81. The van der Waals surface area contributed by atoms with E-state index in [4.69, 9.17) is 5.11 Å². The van der Waals surface area contributed by atoms with Gasteiger partial charge in [0.25, 0.3) is 0 Å². The summed E-state index contributed by atoms with van der Waals surface area (Å²) < 4.78 is 25.9. The number of nitrogens with zero attached hydrogens (tertiary/aromatic N) is 2. The van der Waals surface area contributed by atoms with Crippen LogP contribution < -0.4 is 4.90 Å². The molecule has 0 bridgehead atoms. The standard InChI is InChI=1S/C10H10F2N2O2/c11-6-4-14(5-7(6)12)9-3-1-2-8(13-9)10(15)16/h1-3,6-7H,4-5H2,(H,15,16)/t6-,7+. The number of carbonyl (C=O) groups is 1. The Labute approximate surface area is 90.5 Å². The molecule has 1 fully saturated rings.